The first-order valence-corrected chi connectivity index (χ1v) is 7.64. The lowest BCUT2D eigenvalue weighted by atomic mass is 9.89. The highest BCUT2D eigenvalue weighted by molar-refractivity contribution is 5.30. The van der Waals surface area contributed by atoms with Crippen LogP contribution >= 0.6 is 0 Å². The van der Waals surface area contributed by atoms with Crippen molar-refractivity contribution in [1.82, 2.24) is 10.3 Å². The summed E-state index contributed by atoms with van der Waals surface area (Å²) in [6.45, 7) is 3.24. The average Bonchev–Trinajstić information content (AvgIpc) is 3.22. The number of hydrogen-bond acceptors (Lipinski definition) is 3. The molecule has 2 atom stereocenters. The summed E-state index contributed by atoms with van der Waals surface area (Å²) in [4.78, 5) is 4.22. The Morgan fingerprint density at radius 1 is 1.32 bits per heavy atom. The summed E-state index contributed by atoms with van der Waals surface area (Å²) in [6, 6.07) is 2.81. The highest BCUT2D eigenvalue weighted by Crippen LogP contribution is 2.29. The minimum Gasteiger partial charge on any atom is -0.488 e. The van der Waals surface area contributed by atoms with Crippen LogP contribution in [0.15, 0.2) is 18.5 Å². The van der Waals surface area contributed by atoms with E-state index in [1.807, 2.05) is 12.4 Å². The van der Waals surface area contributed by atoms with Gasteiger partial charge in [-0.2, -0.15) is 0 Å². The summed E-state index contributed by atoms with van der Waals surface area (Å²) in [7, 11) is 0. The predicted octanol–water partition coefficient (Wildman–Crippen LogP) is 3.29. The lowest BCUT2D eigenvalue weighted by Gasteiger charge is -2.28. The smallest absolute Gasteiger partial charge is 0.142 e. The molecule has 0 saturated heterocycles. The lowest BCUT2D eigenvalue weighted by Crippen LogP contribution is -2.25. The third-order valence-electron chi connectivity index (χ3n) is 4.21. The summed E-state index contributed by atoms with van der Waals surface area (Å²) in [5.74, 6) is 1.78. The van der Waals surface area contributed by atoms with Gasteiger partial charge in [0.25, 0.3) is 0 Å². The van der Waals surface area contributed by atoms with Crippen molar-refractivity contribution in [1.29, 1.82) is 0 Å². The van der Waals surface area contributed by atoms with Gasteiger partial charge < -0.3 is 10.1 Å². The molecular weight excluding hydrogens is 236 g/mol. The van der Waals surface area contributed by atoms with Crippen LogP contribution in [0.25, 0.3) is 0 Å². The molecule has 2 fully saturated rings. The van der Waals surface area contributed by atoms with Gasteiger partial charge in [-0.3, -0.25) is 4.98 Å². The number of hydrogen-bond donors (Lipinski definition) is 1. The highest BCUT2D eigenvalue weighted by atomic mass is 16.5. The third kappa shape index (κ3) is 3.69. The number of rotatable bonds is 5. The van der Waals surface area contributed by atoms with Gasteiger partial charge in [0.15, 0.2) is 0 Å². The van der Waals surface area contributed by atoms with Crippen LogP contribution in [0, 0.1) is 5.92 Å². The zero-order valence-corrected chi connectivity index (χ0v) is 11.8. The first kappa shape index (κ1) is 12.9. The average molecular weight is 260 g/mol. The summed E-state index contributed by atoms with van der Waals surface area (Å²) >= 11 is 0. The Balaban J connectivity index is 1.61. The first-order valence-electron chi connectivity index (χ1n) is 7.64. The van der Waals surface area contributed by atoms with Gasteiger partial charge in [-0.05, 0) is 44.1 Å². The van der Waals surface area contributed by atoms with Gasteiger partial charge in [-0.1, -0.05) is 13.3 Å². The maximum Gasteiger partial charge on any atom is 0.142 e. The minimum absolute atomic E-state index is 0.382. The van der Waals surface area contributed by atoms with Gasteiger partial charge in [0.2, 0.25) is 0 Å². The van der Waals surface area contributed by atoms with Crippen molar-refractivity contribution < 1.29 is 4.74 Å². The van der Waals surface area contributed by atoms with E-state index in [4.69, 9.17) is 4.74 Å². The molecule has 19 heavy (non-hydrogen) atoms. The van der Waals surface area contributed by atoms with Crippen molar-refractivity contribution >= 4 is 0 Å². The van der Waals surface area contributed by atoms with Gasteiger partial charge in [-0.15, -0.1) is 0 Å². The summed E-state index contributed by atoms with van der Waals surface area (Å²) < 4.78 is 6.21. The Kier molecular flexibility index (Phi) is 4.02. The van der Waals surface area contributed by atoms with E-state index in [2.05, 4.69) is 23.3 Å². The quantitative estimate of drug-likeness (QED) is 0.882. The van der Waals surface area contributed by atoms with Crippen molar-refractivity contribution in [3.8, 4) is 5.75 Å². The molecule has 104 valence electrons. The fourth-order valence-electron chi connectivity index (χ4n) is 2.87. The molecule has 2 aliphatic rings. The number of nitrogens with one attached hydrogen (secondary N) is 1. The largest absolute Gasteiger partial charge is 0.488 e. The van der Waals surface area contributed by atoms with Gasteiger partial charge in [0, 0.05) is 24.3 Å². The van der Waals surface area contributed by atoms with Crippen LogP contribution in [-0.4, -0.2) is 17.1 Å². The summed E-state index contributed by atoms with van der Waals surface area (Å²) in [6.07, 6.45) is 11.8. The molecule has 3 heteroatoms. The summed E-state index contributed by atoms with van der Waals surface area (Å²) in [5, 5.41) is 3.55. The molecule has 2 saturated carbocycles. The Labute approximate surface area is 115 Å². The fourth-order valence-corrected chi connectivity index (χ4v) is 2.87. The minimum atomic E-state index is 0.382. The molecule has 1 heterocycles. The topological polar surface area (TPSA) is 34.1 Å². The molecule has 0 spiro atoms. The van der Waals surface area contributed by atoms with Gasteiger partial charge >= 0.3 is 0 Å². The fraction of sp³-hybridized carbons (Fsp3) is 0.688. The molecule has 1 aromatic heterocycles. The molecule has 0 amide bonds. The second kappa shape index (κ2) is 5.91. The lowest BCUT2D eigenvalue weighted by molar-refractivity contribution is 0.127. The maximum atomic E-state index is 6.21. The number of pyridine rings is 1. The molecule has 1 N–H and O–H groups in total. The van der Waals surface area contributed by atoms with Crippen LogP contribution in [0.1, 0.15) is 51.0 Å². The van der Waals surface area contributed by atoms with E-state index in [0.29, 0.717) is 6.10 Å². The normalized spacial score (nSPS) is 27.2. The van der Waals surface area contributed by atoms with Crippen LogP contribution in [0.2, 0.25) is 0 Å². The maximum absolute atomic E-state index is 6.21. The second-order valence-electron chi connectivity index (χ2n) is 6.15. The second-order valence-corrected chi connectivity index (χ2v) is 6.15. The molecule has 3 rings (SSSR count). The number of ether oxygens (including phenoxy) is 1. The van der Waals surface area contributed by atoms with Gasteiger partial charge in [0.1, 0.15) is 5.75 Å². The Hall–Kier alpha value is -1.09. The van der Waals surface area contributed by atoms with Crippen LogP contribution in [0.4, 0.5) is 0 Å². The molecule has 0 aliphatic heterocycles. The zero-order valence-electron chi connectivity index (χ0n) is 11.8. The molecule has 2 unspecified atom stereocenters. The Bertz CT molecular complexity index is 417. The molecule has 0 aromatic carbocycles. The van der Waals surface area contributed by atoms with E-state index < -0.39 is 0 Å². The third-order valence-corrected chi connectivity index (χ3v) is 4.21. The highest BCUT2D eigenvalue weighted by Gasteiger charge is 2.23. The van der Waals surface area contributed by atoms with Crippen LogP contribution in [0.3, 0.4) is 0 Å². The van der Waals surface area contributed by atoms with Crippen molar-refractivity contribution in [2.75, 3.05) is 0 Å². The summed E-state index contributed by atoms with van der Waals surface area (Å²) in [5.41, 5.74) is 1.25. The van der Waals surface area contributed by atoms with E-state index in [1.165, 1.54) is 44.1 Å². The first-order chi connectivity index (χ1) is 9.31. The van der Waals surface area contributed by atoms with Crippen molar-refractivity contribution in [3.05, 3.63) is 24.0 Å². The Morgan fingerprint density at radius 3 is 3.00 bits per heavy atom. The molecule has 0 radical (unpaired) electrons. The molecular formula is C16H24N2O. The predicted molar refractivity (Wildman–Crippen MR) is 76.1 cm³/mol. The van der Waals surface area contributed by atoms with E-state index in [-0.39, 0.29) is 0 Å². The van der Waals surface area contributed by atoms with Gasteiger partial charge in [-0.25, -0.2) is 0 Å². The molecule has 2 aliphatic carbocycles. The molecule has 1 aromatic rings. The number of nitrogens with zero attached hydrogens (tertiary/aromatic N) is 1. The molecule has 0 bridgehead atoms. The van der Waals surface area contributed by atoms with Crippen LogP contribution in [-0.2, 0) is 6.54 Å². The molecule has 3 nitrogen and oxygen atoms in total. The van der Waals surface area contributed by atoms with Crippen molar-refractivity contribution in [2.24, 2.45) is 5.92 Å². The number of aromatic nitrogens is 1. The SMILES string of the molecule is CC1CCCC(Oc2cnccc2CNC2CC2)C1. The van der Waals surface area contributed by atoms with E-state index in [0.717, 1.165) is 24.3 Å². The van der Waals surface area contributed by atoms with Crippen molar-refractivity contribution in [3.63, 3.8) is 0 Å². The monoisotopic (exact) mass is 260 g/mol. The van der Waals surface area contributed by atoms with E-state index in [9.17, 15) is 0 Å². The van der Waals surface area contributed by atoms with Gasteiger partial charge in [0.05, 0.1) is 12.3 Å². The Morgan fingerprint density at radius 2 is 2.21 bits per heavy atom. The van der Waals surface area contributed by atoms with Crippen molar-refractivity contribution in [2.45, 2.75) is 64.1 Å². The standard InChI is InChI=1S/C16H24N2O/c1-12-3-2-4-15(9-12)19-16-11-17-8-7-13(16)10-18-14-5-6-14/h7-8,11-12,14-15,18H,2-6,9-10H2,1H3. The van der Waals surface area contributed by atoms with Crippen LogP contribution in [0.5, 0.6) is 5.75 Å². The van der Waals surface area contributed by atoms with Crippen LogP contribution < -0.4 is 10.1 Å². The van der Waals surface area contributed by atoms with E-state index in [1.54, 1.807) is 0 Å². The zero-order chi connectivity index (χ0) is 13.1. The van der Waals surface area contributed by atoms with E-state index >= 15 is 0 Å².